The molecule has 0 heterocycles. The van der Waals surface area contributed by atoms with Crippen LogP contribution in [0.15, 0.2) is 12.1 Å². The Labute approximate surface area is 121 Å². The Hall–Kier alpha value is -1.86. The van der Waals surface area contributed by atoms with E-state index < -0.39 is 0 Å². The summed E-state index contributed by atoms with van der Waals surface area (Å²) in [7, 11) is 0. The average Bonchev–Trinajstić information content (AvgIpc) is 2.43. The van der Waals surface area contributed by atoms with Crippen LogP contribution in [0.5, 0.6) is 17.2 Å². The molecule has 0 fully saturated rings. The highest BCUT2D eigenvalue weighted by atomic mass is 16.5. The highest BCUT2D eigenvalue weighted by molar-refractivity contribution is 5.54. The van der Waals surface area contributed by atoms with Gasteiger partial charge in [0, 0.05) is 12.5 Å². The molecule has 1 aromatic carbocycles. The third-order valence-corrected chi connectivity index (χ3v) is 2.70. The highest BCUT2D eigenvalue weighted by Gasteiger charge is 2.17. The molecule has 0 aliphatic rings. The zero-order chi connectivity index (χ0) is 15.0. The second-order valence-electron chi connectivity index (χ2n) is 4.16. The SMILES string of the molecule is C#CCC(N)c1cc(OCC)c(OCC)c(OCC)c1. The molecule has 0 amide bonds. The molecule has 0 bridgehead atoms. The fraction of sp³-hybridized carbons (Fsp3) is 0.500. The van der Waals surface area contributed by atoms with Gasteiger partial charge in [-0.25, -0.2) is 0 Å². The number of terminal acetylenes is 1. The predicted molar refractivity (Wildman–Crippen MR) is 80.3 cm³/mol. The van der Waals surface area contributed by atoms with Crippen LogP contribution >= 0.6 is 0 Å². The number of rotatable bonds is 8. The van der Waals surface area contributed by atoms with Crippen molar-refractivity contribution in [3.05, 3.63) is 17.7 Å². The van der Waals surface area contributed by atoms with Gasteiger partial charge in [-0.15, -0.1) is 12.3 Å². The Bertz CT molecular complexity index is 438. The van der Waals surface area contributed by atoms with E-state index in [2.05, 4.69) is 5.92 Å². The van der Waals surface area contributed by atoms with E-state index in [1.165, 1.54) is 0 Å². The molecule has 2 N–H and O–H groups in total. The first-order valence-electron chi connectivity index (χ1n) is 6.93. The molecule has 0 radical (unpaired) electrons. The first kappa shape index (κ1) is 16.2. The van der Waals surface area contributed by atoms with Gasteiger partial charge in [-0.1, -0.05) is 0 Å². The minimum absolute atomic E-state index is 0.242. The second-order valence-corrected chi connectivity index (χ2v) is 4.16. The zero-order valence-corrected chi connectivity index (χ0v) is 12.4. The van der Waals surface area contributed by atoms with Crippen molar-refractivity contribution in [2.45, 2.75) is 33.2 Å². The average molecular weight is 277 g/mol. The number of ether oxygens (including phenoxy) is 3. The van der Waals surface area contributed by atoms with E-state index in [-0.39, 0.29) is 6.04 Å². The van der Waals surface area contributed by atoms with Crippen LogP contribution in [0.1, 0.15) is 38.8 Å². The highest BCUT2D eigenvalue weighted by Crippen LogP contribution is 2.40. The summed E-state index contributed by atoms with van der Waals surface area (Å²) < 4.78 is 16.9. The van der Waals surface area contributed by atoms with Crippen LogP contribution in [-0.4, -0.2) is 19.8 Å². The van der Waals surface area contributed by atoms with Crippen LogP contribution in [-0.2, 0) is 0 Å². The largest absolute Gasteiger partial charge is 0.490 e. The predicted octanol–water partition coefficient (Wildman–Crippen LogP) is 2.91. The van der Waals surface area contributed by atoms with Crippen LogP contribution in [0.2, 0.25) is 0 Å². The summed E-state index contributed by atoms with van der Waals surface area (Å²) in [6.45, 7) is 7.38. The lowest BCUT2D eigenvalue weighted by atomic mass is 10.0. The van der Waals surface area contributed by atoms with E-state index in [1.54, 1.807) is 0 Å². The van der Waals surface area contributed by atoms with Crippen molar-refractivity contribution < 1.29 is 14.2 Å². The maximum atomic E-state index is 6.07. The standard InChI is InChI=1S/C16H23NO3/c1-5-9-13(17)12-10-14(18-6-2)16(20-8-4)15(11-12)19-7-3/h1,10-11,13H,6-9,17H2,2-4H3. The van der Waals surface area contributed by atoms with E-state index in [0.29, 0.717) is 43.5 Å². The summed E-state index contributed by atoms with van der Waals surface area (Å²) in [4.78, 5) is 0. The molecule has 0 saturated carbocycles. The monoisotopic (exact) mass is 277 g/mol. The number of benzene rings is 1. The summed E-state index contributed by atoms with van der Waals surface area (Å²) >= 11 is 0. The first-order chi connectivity index (χ1) is 9.67. The van der Waals surface area contributed by atoms with Gasteiger partial charge >= 0.3 is 0 Å². The molecule has 1 unspecified atom stereocenters. The van der Waals surface area contributed by atoms with Crippen LogP contribution in [0, 0.1) is 12.3 Å². The molecule has 0 saturated heterocycles. The Balaban J connectivity index is 3.25. The van der Waals surface area contributed by atoms with Gasteiger partial charge in [-0.2, -0.15) is 0 Å². The van der Waals surface area contributed by atoms with Crippen molar-refractivity contribution in [1.29, 1.82) is 0 Å². The van der Waals surface area contributed by atoms with Gasteiger partial charge < -0.3 is 19.9 Å². The maximum absolute atomic E-state index is 6.07. The molecule has 1 aromatic rings. The zero-order valence-electron chi connectivity index (χ0n) is 12.4. The molecule has 0 aromatic heterocycles. The Morgan fingerprint density at radius 3 is 1.95 bits per heavy atom. The fourth-order valence-corrected chi connectivity index (χ4v) is 1.87. The van der Waals surface area contributed by atoms with E-state index in [9.17, 15) is 0 Å². The van der Waals surface area contributed by atoms with Crippen LogP contribution < -0.4 is 19.9 Å². The van der Waals surface area contributed by atoms with E-state index in [4.69, 9.17) is 26.4 Å². The normalized spacial score (nSPS) is 11.6. The van der Waals surface area contributed by atoms with Crippen molar-refractivity contribution in [2.75, 3.05) is 19.8 Å². The van der Waals surface area contributed by atoms with E-state index in [0.717, 1.165) is 5.56 Å². The second kappa shape index (κ2) is 8.34. The molecule has 0 aliphatic carbocycles. The maximum Gasteiger partial charge on any atom is 0.203 e. The van der Waals surface area contributed by atoms with Crippen molar-refractivity contribution in [3.63, 3.8) is 0 Å². The molecule has 4 heteroatoms. The topological polar surface area (TPSA) is 53.7 Å². The van der Waals surface area contributed by atoms with Crippen molar-refractivity contribution >= 4 is 0 Å². The third-order valence-electron chi connectivity index (χ3n) is 2.70. The van der Waals surface area contributed by atoms with Crippen molar-refractivity contribution in [3.8, 4) is 29.6 Å². The summed E-state index contributed by atoms with van der Waals surface area (Å²) in [5, 5.41) is 0. The van der Waals surface area contributed by atoms with Gasteiger partial charge in [0.1, 0.15) is 0 Å². The van der Waals surface area contributed by atoms with Crippen molar-refractivity contribution in [1.82, 2.24) is 0 Å². The molecule has 110 valence electrons. The van der Waals surface area contributed by atoms with E-state index in [1.807, 2.05) is 32.9 Å². The summed E-state index contributed by atoms with van der Waals surface area (Å²) in [5.41, 5.74) is 6.95. The molecular formula is C16H23NO3. The summed E-state index contributed by atoms with van der Waals surface area (Å²) in [5.74, 6) is 4.47. The molecule has 1 atom stereocenters. The Kier molecular flexibility index (Phi) is 6.75. The Morgan fingerprint density at radius 1 is 1.05 bits per heavy atom. The van der Waals surface area contributed by atoms with Crippen LogP contribution in [0.4, 0.5) is 0 Å². The lowest BCUT2D eigenvalue weighted by Gasteiger charge is -2.19. The van der Waals surface area contributed by atoms with Crippen molar-refractivity contribution in [2.24, 2.45) is 5.73 Å². The fourth-order valence-electron chi connectivity index (χ4n) is 1.87. The minimum Gasteiger partial charge on any atom is -0.490 e. The number of hydrogen-bond donors (Lipinski definition) is 1. The molecule has 20 heavy (non-hydrogen) atoms. The summed E-state index contributed by atoms with van der Waals surface area (Å²) in [6, 6.07) is 3.51. The smallest absolute Gasteiger partial charge is 0.203 e. The van der Waals surface area contributed by atoms with Gasteiger partial charge in [-0.3, -0.25) is 0 Å². The molecule has 0 aliphatic heterocycles. The van der Waals surface area contributed by atoms with Crippen LogP contribution in [0.25, 0.3) is 0 Å². The van der Waals surface area contributed by atoms with E-state index >= 15 is 0 Å². The van der Waals surface area contributed by atoms with Gasteiger partial charge in [0.05, 0.1) is 19.8 Å². The van der Waals surface area contributed by atoms with Gasteiger partial charge in [0.25, 0.3) is 0 Å². The summed E-state index contributed by atoms with van der Waals surface area (Å²) in [6.07, 6.45) is 5.78. The molecule has 0 spiro atoms. The lowest BCUT2D eigenvalue weighted by Crippen LogP contribution is -2.11. The van der Waals surface area contributed by atoms with Gasteiger partial charge in [0.2, 0.25) is 5.75 Å². The number of hydrogen-bond acceptors (Lipinski definition) is 4. The Morgan fingerprint density at radius 2 is 1.55 bits per heavy atom. The minimum atomic E-state index is -0.242. The lowest BCUT2D eigenvalue weighted by molar-refractivity contribution is 0.260. The third kappa shape index (κ3) is 4.07. The molecular weight excluding hydrogens is 254 g/mol. The van der Waals surface area contributed by atoms with Gasteiger partial charge in [-0.05, 0) is 38.5 Å². The quantitative estimate of drug-likeness (QED) is 0.742. The first-order valence-corrected chi connectivity index (χ1v) is 6.93. The van der Waals surface area contributed by atoms with Crippen LogP contribution in [0.3, 0.4) is 0 Å². The molecule has 4 nitrogen and oxygen atoms in total. The van der Waals surface area contributed by atoms with Gasteiger partial charge in [0.15, 0.2) is 11.5 Å². The molecule has 1 rings (SSSR count). The number of nitrogens with two attached hydrogens (primary N) is 1.